The van der Waals surface area contributed by atoms with E-state index in [1.165, 1.54) is 5.69 Å². The van der Waals surface area contributed by atoms with Crippen LogP contribution in [-0.2, 0) is 11.3 Å². The summed E-state index contributed by atoms with van der Waals surface area (Å²) in [6, 6.07) is 0.596. The molecule has 1 aliphatic heterocycles. The Labute approximate surface area is 120 Å². The van der Waals surface area contributed by atoms with Gasteiger partial charge in [0.2, 0.25) is 0 Å². The van der Waals surface area contributed by atoms with Crippen molar-refractivity contribution in [2.75, 3.05) is 33.4 Å². The van der Waals surface area contributed by atoms with Crippen molar-refractivity contribution < 1.29 is 4.74 Å². The summed E-state index contributed by atoms with van der Waals surface area (Å²) >= 11 is 1.73. The van der Waals surface area contributed by atoms with Crippen molar-refractivity contribution in [3.63, 3.8) is 0 Å². The Balaban J connectivity index is 1.84. The van der Waals surface area contributed by atoms with Gasteiger partial charge < -0.3 is 15.0 Å². The van der Waals surface area contributed by atoms with Crippen LogP contribution in [-0.4, -0.2) is 49.3 Å². The molecule has 1 fully saturated rings. The van der Waals surface area contributed by atoms with E-state index in [0.717, 1.165) is 44.3 Å². The number of aryl methyl sites for hydroxylation is 1. The second-order valence-electron chi connectivity index (χ2n) is 5.34. The van der Waals surface area contributed by atoms with Gasteiger partial charge in [0.05, 0.1) is 17.3 Å². The van der Waals surface area contributed by atoms with Crippen LogP contribution in [0.5, 0.6) is 0 Å². The van der Waals surface area contributed by atoms with Crippen LogP contribution in [0.3, 0.4) is 0 Å². The standard InChI is InChI=1S/C14H25N3OS/c1-4-15-14-5-6-18-9-12(14)7-17(3)8-13-10-19-11(2)16-13/h10,12,14-15H,4-9H2,1-3H3. The number of hydrogen-bond acceptors (Lipinski definition) is 5. The lowest BCUT2D eigenvalue weighted by Gasteiger charge is -2.34. The van der Waals surface area contributed by atoms with Crippen molar-refractivity contribution in [2.45, 2.75) is 32.9 Å². The average Bonchev–Trinajstić information content (AvgIpc) is 2.77. The van der Waals surface area contributed by atoms with E-state index in [1.54, 1.807) is 11.3 Å². The number of nitrogens with zero attached hydrogens (tertiary/aromatic N) is 2. The molecule has 0 amide bonds. The first-order valence-corrected chi connectivity index (χ1v) is 7.97. The maximum atomic E-state index is 5.63. The molecule has 2 heterocycles. The molecule has 0 saturated carbocycles. The Kier molecular flexibility index (Phi) is 5.76. The predicted molar refractivity (Wildman–Crippen MR) is 79.6 cm³/mol. The van der Waals surface area contributed by atoms with Crippen molar-refractivity contribution in [1.82, 2.24) is 15.2 Å². The fourth-order valence-corrected chi connectivity index (χ4v) is 3.33. The third-order valence-corrected chi connectivity index (χ3v) is 4.41. The minimum atomic E-state index is 0.582. The summed E-state index contributed by atoms with van der Waals surface area (Å²) in [6.45, 7) is 9.03. The fourth-order valence-electron chi connectivity index (χ4n) is 2.73. The first-order chi connectivity index (χ1) is 9.19. The molecule has 108 valence electrons. The van der Waals surface area contributed by atoms with E-state index >= 15 is 0 Å². The zero-order valence-corrected chi connectivity index (χ0v) is 13.0. The number of ether oxygens (including phenoxy) is 1. The quantitative estimate of drug-likeness (QED) is 0.865. The molecule has 1 aliphatic rings. The van der Waals surface area contributed by atoms with Crippen LogP contribution in [0.15, 0.2) is 5.38 Å². The monoisotopic (exact) mass is 283 g/mol. The van der Waals surface area contributed by atoms with Gasteiger partial charge in [0, 0.05) is 37.0 Å². The molecular weight excluding hydrogens is 258 g/mol. The van der Waals surface area contributed by atoms with Crippen LogP contribution in [0.2, 0.25) is 0 Å². The molecule has 2 unspecified atom stereocenters. The van der Waals surface area contributed by atoms with Gasteiger partial charge in [-0.25, -0.2) is 4.98 Å². The molecular formula is C14H25N3OS. The maximum Gasteiger partial charge on any atom is 0.0897 e. The minimum Gasteiger partial charge on any atom is -0.381 e. The van der Waals surface area contributed by atoms with E-state index < -0.39 is 0 Å². The van der Waals surface area contributed by atoms with Gasteiger partial charge in [0.15, 0.2) is 0 Å². The van der Waals surface area contributed by atoms with Crippen molar-refractivity contribution >= 4 is 11.3 Å². The van der Waals surface area contributed by atoms with Crippen molar-refractivity contribution in [3.8, 4) is 0 Å². The van der Waals surface area contributed by atoms with Crippen LogP contribution in [0.25, 0.3) is 0 Å². The van der Waals surface area contributed by atoms with Crippen LogP contribution in [0, 0.1) is 12.8 Å². The summed E-state index contributed by atoms with van der Waals surface area (Å²) in [4.78, 5) is 6.89. The molecule has 19 heavy (non-hydrogen) atoms. The van der Waals surface area contributed by atoms with Gasteiger partial charge in [-0.2, -0.15) is 0 Å². The normalized spacial score (nSPS) is 24.0. The molecule has 1 saturated heterocycles. The molecule has 5 heteroatoms. The smallest absolute Gasteiger partial charge is 0.0897 e. The number of aromatic nitrogens is 1. The second-order valence-corrected chi connectivity index (χ2v) is 6.40. The van der Waals surface area contributed by atoms with Gasteiger partial charge >= 0.3 is 0 Å². The van der Waals surface area contributed by atoms with E-state index in [9.17, 15) is 0 Å². The highest BCUT2D eigenvalue weighted by atomic mass is 32.1. The molecule has 0 spiro atoms. The summed E-state index contributed by atoms with van der Waals surface area (Å²) in [7, 11) is 2.17. The maximum absolute atomic E-state index is 5.63. The lowest BCUT2D eigenvalue weighted by atomic mass is 9.95. The molecule has 1 N–H and O–H groups in total. The highest BCUT2D eigenvalue weighted by molar-refractivity contribution is 7.09. The van der Waals surface area contributed by atoms with Crippen LogP contribution < -0.4 is 5.32 Å². The summed E-state index contributed by atoms with van der Waals surface area (Å²) in [5.41, 5.74) is 1.18. The summed E-state index contributed by atoms with van der Waals surface area (Å²) in [5, 5.41) is 6.89. The van der Waals surface area contributed by atoms with Gasteiger partial charge in [-0.3, -0.25) is 0 Å². The van der Waals surface area contributed by atoms with Crippen molar-refractivity contribution in [1.29, 1.82) is 0 Å². The summed E-state index contributed by atoms with van der Waals surface area (Å²) in [6.07, 6.45) is 1.13. The van der Waals surface area contributed by atoms with Gasteiger partial charge in [-0.15, -0.1) is 11.3 Å². The average molecular weight is 283 g/mol. The lowest BCUT2D eigenvalue weighted by molar-refractivity contribution is 0.0192. The Bertz CT molecular complexity index is 381. The van der Waals surface area contributed by atoms with E-state index in [2.05, 4.69) is 41.5 Å². The van der Waals surface area contributed by atoms with Gasteiger partial charge in [-0.1, -0.05) is 6.92 Å². The molecule has 1 aromatic heterocycles. The fraction of sp³-hybridized carbons (Fsp3) is 0.786. The Morgan fingerprint density at radius 1 is 1.58 bits per heavy atom. The molecule has 2 rings (SSSR count). The number of nitrogens with one attached hydrogen (secondary N) is 1. The van der Waals surface area contributed by atoms with Gasteiger partial charge in [0.25, 0.3) is 0 Å². The van der Waals surface area contributed by atoms with Gasteiger partial charge in [-0.05, 0) is 26.9 Å². The SMILES string of the molecule is CCNC1CCOCC1CN(C)Cc1csc(C)n1. The van der Waals surface area contributed by atoms with Gasteiger partial charge in [0.1, 0.15) is 0 Å². The highest BCUT2D eigenvalue weighted by Gasteiger charge is 2.26. The summed E-state index contributed by atoms with van der Waals surface area (Å²) < 4.78 is 5.63. The second kappa shape index (κ2) is 7.33. The molecule has 0 aromatic carbocycles. The first kappa shape index (κ1) is 14.9. The number of rotatable bonds is 6. The van der Waals surface area contributed by atoms with Crippen molar-refractivity contribution in [2.24, 2.45) is 5.92 Å². The zero-order chi connectivity index (χ0) is 13.7. The van der Waals surface area contributed by atoms with Crippen LogP contribution in [0.1, 0.15) is 24.0 Å². The molecule has 1 aromatic rings. The van der Waals surface area contributed by atoms with E-state index in [0.29, 0.717) is 12.0 Å². The number of hydrogen-bond donors (Lipinski definition) is 1. The summed E-state index contributed by atoms with van der Waals surface area (Å²) in [5.74, 6) is 0.582. The molecule has 0 aliphatic carbocycles. The molecule has 2 atom stereocenters. The van der Waals surface area contributed by atoms with Crippen LogP contribution in [0.4, 0.5) is 0 Å². The third kappa shape index (κ3) is 4.53. The largest absolute Gasteiger partial charge is 0.381 e. The lowest BCUT2D eigenvalue weighted by Crippen LogP contribution is -2.47. The van der Waals surface area contributed by atoms with Crippen molar-refractivity contribution in [3.05, 3.63) is 16.1 Å². The van der Waals surface area contributed by atoms with Crippen LogP contribution >= 0.6 is 11.3 Å². The Hall–Kier alpha value is -0.490. The predicted octanol–water partition coefficient (Wildman–Crippen LogP) is 1.90. The van der Waals surface area contributed by atoms with E-state index in [4.69, 9.17) is 4.74 Å². The molecule has 0 bridgehead atoms. The topological polar surface area (TPSA) is 37.4 Å². The van der Waals surface area contributed by atoms with E-state index in [1.807, 2.05) is 0 Å². The molecule has 0 radical (unpaired) electrons. The zero-order valence-electron chi connectivity index (χ0n) is 12.2. The third-order valence-electron chi connectivity index (χ3n) is 3.59. The number of thiazole rings is 1. The first-order valence-electron chi connectivity index (χ1n) is 7.09. The Morgan fingerprint density at radius 2 is 2.42 bits per heavy atom. The minimum absolute atomic E-state index is 0.582. The van der Waals surface area contributed by atoms with E-state index in [-0.39, 0.29) is 0 Å². The Morgan fingerprint density at radius 3 is 3.11 bits per heavy atom. The molecule has 4 nitrogen and oxygen atoms in total. The highest BCUT2D eigenvalue weighted by Crippen LogP contribution is 2.17.